The highest BCUT2D eigenvalue weighted by Crippen LogP contribution is 2.33. The molecule has 0 aliphatic rings. The van der Waals surface area contributed by atoms with Crippen LogP contribution in [0.4, 0.5) is 0 Å². The fraction of sp³-hybridized carbons (Fsp3) is 0. The van der Waals surface area contributed by atoms with Gasteiger partial charge in [0.25, 0.3) is 0 Å². The van der Waals surface area contributed by atoms with Crippen molar-refractivity contribution in [3.8, 4) is 56.4 Å². The zero-order valence-electron chi connectivity index (χ0n) is 26.1. The van der Waals surface area contributed by atoms with Gasteiger partial charge in [0.15, 0.2) is 5.82 Å². The van der Waals surface area contributed by atoms with Crippen molar-refractivity contribution in [3.05, 3.63) is 182 Å². The van der Waals surface area contributed by atoms with E-state index >= 15 is 0 Å². The summed E-state index contributed by atoms with van der Waals surface area (Å²) in [5.41, 5.74) is 11.7. The van der Waals surface area contributed by atoms with Gasteiger partial charge >= 0.3 is 0 Å². The molecule has 3 heterocycles. The van der Waals surface area contributed by atoms with Crippen LogP contribution in [-0.4, -0.2) is 19.1 Å². The summed E-state index contributed by atoms with van der Waals surface area (Å²) in [5.74, 6) is 0.703. The molecule has 0 radical (unpaired) electrons. The van der Waals surface area contributed by atoms with Crippen LogP contribution in [0.3, 0.4) is 0 Å². The molecule has 3 aromatic heterocycles. The minimum Gasteiger partial charge on any atom is -0.316 e. The fourth-order valence-corrected chi connectivity index (χ4v) is 6.56. The fourth-order valence-electron chi connectivity index (χ4n) is 6.56. The van der Waals surface area contributed by atoms with Gasteiger partial charge in [-0.2, -0.15) is 0 Å². The predicted octanol–water partition coefficient (Wildman–Crippen LogP) is 11.0. The lowest BCUT2D eigenvalue weighted by Crippen LogP contribution is -1.98. The molecule has 4 nitrogen and oxygen atoms in total. The van der Waals surface area contributed by atoms with Crippen LogP contribution in [0.2, 0.25) is 0 Å². The quantitative estimate of drug-likeness (QED) is 0.187. The van der Waals surface area contributed by atoms with Gasteiger partial charge in [0, 0.05) is 40.5 Å². The van der Waals surface area contributed by atoms with E-state index < -0.39 is 0 Å². The third-order valence-electron chi connectivity index (χ3n) is 9.00. The van der Waals surface area contributed by atoms with Crippen LogP contribution >= 0.6 is 0 Å². The van der Waals surface area contributed by atoms with Crippen molar-refractivity contribution in [1.82, 2.24) is 19.1 Å². The predicted molar refractivity (Wildman–Crippen MR) is 197 cm³/mol. The van der Waals surface area contributed by atoms with Gasteiger partial charge in [-0.05, 0) is 70.4 Å². The van der Waals surface area contributed by atoms with Crippen molar-refractivity contribution < 1.29 is 0 Å². The van der Waals surface area contributed by atoms with Gasteiger partial charge in [0.2, 0.25) is 0 Å². The average Bonchev–Trinajstić information content (AvgIpc) is 3.80. The van der Waals surface area contributed by atoms with E-state index in [1.54, 1.807) is 0 Å². The Morgan fingerprint density at radius 3 is 1.31 bits per heavy atom. The summed E-state index contributed by atoms with van der Waals surface area (Å²) in [7, 11) is 0. The molecule has 0 N–H and O–H groups in total. The third kappa shape index (κ3) is 5.06. The highest BCUT2D eigenvalue weighted by Gasteiger charge is 2.13. The van der Waals surface area contributed by atoms with Gasteiger partial charge in [-0.25, -0.2) is 9.97 Å². The summed E-state index contributed by atoms with van der Waals surface area (Å²) in [5, 5.41) is 2.43. The number of nitrogens with zero attached hydrogens (tertiary/aromatic N) is 4. The summed E-state index contributed by atoms with van der Waals surface area (Å²) in [4.78, 5) is 10.1. The van der Waals surface area contributed by atoms with Crippen LogP contribution in [-0.2, 0) is 0 Å². The summed E-state index contributed by atoms with van der Waals surface area (Å²) >= 11 is 0. The van der Waals surface area contributed by atoms with Crippen LogP contribution in [0.25, 0.3) is 78.2 Å². The Labute approximate surface area is 278 Å². The molecule has 0 fully saturated rings. The first-order valence-electron chi connectivity index (χ1n) is 16.2. The highest BCUT2D eigenvalue weighted by molar-refractivity contribution is 5.85. The van der Waals surface area contributed by atoms with Crippen molar-refractivity contribution >= 4 is 21.8 Å². The van der Waals surface area contributed by atoms with Gasteiger partial charge in [-0.15, -0.1) is 0 Å². The number of fused-ring (bicyclic) bond motifs is 2. The van der Waals surface area contributed by atoms with Gasteiger partial charge < -0.3 is 9.13 Å². The van der Waals surface area contributed by atoms with Crippen LogP contribution in [0.5, 0.6) is 0 Å². The van der Waals surface area contributed by atoms with Crippen LogP contribution in [0.15, 0.2) is 182 Å². The molecule has 0 spiro atoms. The van der Waals surface area contributed by atoms with Gasteiger partial charge in [0.1, 0.15) is 0 Å². The molecule has 0 aliphatic carbocycles. The molecule has 0 amide bonds. The largest absolute Gasteiger partial charge is 0.316 e. The summed E-state index contributed by atoms with van der Waals surface area (Å²) in [6.45, 7) is 0. The number of hydrogen-bond donors (Lipinski definition) is 0. The van der Waals surface area contributed by atoms with Crippen molar-refractivity contribution in [1.29, 1.82) is 0 Å². The molecule has 0 aliphatic heterocycles. The minimum atomic E-state index is 0.703. The zero-order chi connectivity index (χ0) is 31.9. The molecule has 9 aromatic rings. The van der Waals surface area contributed by atoms with E-state index in [1.165, 1.54) is 21.8 Å². The lowest BCUT2D eigenvalue weighted by Gasteiger charge is -2.14. The second kappa shape index (κ2) is 11.7. The van der Waals surface area contributed by atoms with Crippen LogP contribution in [0.1, 0.15) is 0 Å². The van der Waals surface area contributed by atoms with Crippen molar-refractivity contribution in [2.24, 2.45) is 0 Å². The number of rotatable bonds is 6. The van der Waals surface area contributed by atoms with Gasteiger partial charge in [-0.3, -0.25) is 0 Å². The maximum atomic E-state index is 5.04. The Balaban J connectivity index is 1.16. The second-order valence-corrected chi connectivity index (χ2v) is 12.0. The molecular weight excluding hydrogens is 585 g/mol. The second-order valence-electron chi connectivity index (χ2n) is 12.0. The number of aromatic nitrogens is 4. The number of hydrogen-bond acceptors (Lipinski definition) is 2. The van der Waals surface area contributed by atoms with Gasteiger partial charge in [-0.1, -0.05) is 121 Å². The van der Waals surface area contributed by atoms with Crippen molar-refractivity contribution in [2.45, 2.75) is 0 Å². The summed E-state index contributed by atoms with van der Waals surface area (Å²) in [6, 6.07) is 59.5. The van der Waals surface area contributed by atoms with E-state index in [1.807, 2.05) is 36.4 Å². The zero-order valence-corrected chi connectivity index (χ0v) is 26.1. The van der Waals surface area contributed by atoms with Crippen molar-refractivity contribution in [3.63, 3.8) is 0 Å². The molecule has 0 saturated heterocycles. The third-order valence-corrected chi connectivity index (χ3v) is 9.00. The molecule has 0 saturated carbocycles. The van der Waals surface area contributed by atoms with E-state index in [9.17, 15) is 0 Å². The number of para-hydroxylation sites is 2. The van der Waals surface area contributed by atoms with Gasteiger partial charge in [0.05, 0.1) is 22.4 Å². The molecule has 48 heavy (non-hydrogen) atoms. The monoisotopic (exact) mass is 614 g/mol. The Hall–Kier alpha value is -6.52. The maximum absolute atomic E-state index is 5.04. The average molecular weight is 615 g/mol. The summed E-state index contributed by atoms with van der Waals surface area (Å²) < 4.78 is 4.55. The normalized spacial score (nSPS) is 11.3. The SMILES string of the molecule is c1ccc(-c2cc(-c3ccccc3)nc(-c3ccc(-c4cc(-n5ccc6ccccc65)cc(-n5ccc6ccccc65)c4)cc3)n2)cc1. The first-order chi connectivity index (χ1) is 23.8. The lowest BCUT2D eigenvalue weighted by atomic mass is 10.0. The molecule has 0 atom stereocenters. The van der Waals surface area contributed by atoms with Crippen molar-refractivity contribution in [2.75, 3.05) is 0 Å². The first kappa shape index (κ1) is 27.8. The minimum absolute atomic E-state index is 0.703. The molecular formula is C44H30N4. The van der Waals surface area contributed by atoms with E-state index in [4.69, 9.17) is 9.97 Å². The topological polar surface area (TPSA) is 35.6 Å². The molecule has 0 unspecified atom stereocenters. The van der Waals surface area contributed by atoms with E-state index in [2.05, 4.69) is 155 Å². The standard InChI is InChI=1S/C44H30N4/c1-3-11-32(12-4-1)40-30-41(33-13-5-2-6-14-33)46-44(45-40)36-21-19-31(20-22-36)37-27-38(47-25-23-34-15-7-9-17-42(34)47)29-39(28-37)48-26-24-35-16-8-10-18-43(35)48/h1-30H. The Kier molecular flexibility index (Phi) is 6.76. The van der Waals surface area contributed by atoms with E-state index in [0.29, 0.717) is 5.82 Å². The molecule has 4 heteroatoms. The Morgan fingerprint density at radius 2 is 0.792 bits per heavy atom. The highest BCUT2D eigenvalue weighted by atomic mass is 15.0. The Morgan fingerprint density at radius 1 is 0.333 bits per heavy atom. The number of benzene rings is 6. The van der Waals surface area contributed by atoms with E-state index in [-0.39, 0.29) is 0 Å². The van der Waals surface area contributed by atoms with Crippen LogP contribution in [0, 0.1) is 0 Å². The molecule has 0 bridgehead atoms. The van der Waals surface area contributed by atoms with Crippen LogP contribution < -0.4 is 0 Å². The van der Waals surface area contributed by atoms with E-state index in [0.717, 1.165) is 50.6 Å². The smallest absolute Gasteiger partial charge is 0.160 e. The molecule has 226 valence electrons. The molecule has 9 rings (SSSR count). The Bertz CT molecular complexity index is 2390. The summed E-state index contributed by atoms with van der Waals surface area (Å²) in [6.07, 6.45) is 4.32. The lowest BCUT2D eigenvalue weighted by molar-refractivity contribution is 1.09. The first-order valence-corrected chi connectivity index (χ1v) is 16.2. The maximum Gasteiger partial charge on any atom is 0.160 e. The molecule has 6 aromatic carbocycles.